The van der Waals surface area contributed by atoms with E-state index in [0.29, 0.717) is 24.9 Å². The first-order valence-electron chi connectivity index (χ1n) is 9.57. The molecule has 1 amide bonds. The monoisotopic (exact) mass is 372 g/mol. The fourth-order valence-electron chi connectivity index (χ4n) is 3.92. The number of fused-ring (bicyclic) bond motifs is 1. The molecule has 0 radical (unpaired) electrons. The second-order valence-corrected chi connectivity index (χ2v) is 7.62. The predicted octanol–water partition coefficient (Wildman–Crippen LogP) is -0.194. The minimum atomic E-state index is 0.0368. The molecule has 0 spiro atoms. The topological polar surface area (TPSA) is 97.2 Å². The van der Waals surface area contributed by atoms with Crippen molar-refractivity contribution < 1.29 is 4.79 Å². The number of carbonyl (C=O) groups excluding carboxylic acids is 1. The molecule has 146 valence electrons. The Morgan fingerprint density at radius 2 is 2.15 bits per heavy atom. The first-order chi connectivity index (χ1) is 13.0. The van der Waals surface area contributed by atoms with Gasteiger partial charge >= 0.3 is 0 Å². The second kappa shape index (κ2) is 7.32. The molecule has 2 aromatic rings. The number of carbonyl (C=O) groups is 1. The Labute approximate surface area is 159 Å². The summed E-state index contributed by atoms with van der Waals surface area (Å²) in [5, 5.41) is 12.5. The van der Waals surface area contributed by atoms with E-state index in [0.717, 1.165) is 49.8 Å². The van der Waals surface area contributed by atoms with Gasteiger partial charge in [0, 0.05) is 44.8 Å². The summed E-state index contributed by atoms with van der Waals surface area (Å²) in [5.74, 6) is 0.560. The van der Waals surface area contributed by atoms with Crippen molar-refractivity contribution in [2.24, 2.45) is 0 Å². The molecule has 1 atom stereocenters. The van der Waals surface area contributed by atoms with E-state index in [1.54, 1.807) is 10.7 Å². The summed E-state index contributed by atoms with van der Waals surface area (Å²) in [6, 6.07) is 4.43. The van der Waals surface area contributed by atoms with Crippen LogP contribution in [-0.2, 0) is 31.0 Å². The van der Waals surface area contributed by atoms with Crippen LogP contribution in [0, 0.1) is 6.92 Å². The van der Waals surface area contributed by atoms with Gasteiger partial charge in [-0.1, -0.05) is 0 Å². The number of rotatable bonds is 4. The average molecular weight is 372 g/mol. The zero-order valence-corrected chi connectivity index (χ0v) is 16.1. The maximum absolute atomic E-state index is 12.7. The molecule has 9 heteroatoms. The summed E-state index contributed by atoms with van der Waals surface area (Å²) in [4.78, 5) is 17.0. The molecule has 2 aromatic heterocycles. The molecule has 2 aliphatic heterocycles. The van der Waals surface area contributed by atoms with Crippen LogP contribution in [0.3, 0.4) is 0 Å². The van der Waals surface area contributed by atoms with Crippen LogP contribution in [0.4, 0.5) is 5.82 Å². The van der Waals surface area contributed by atoms with Gasteiger partial charge in [0.15, 0.2) is 0 Å². The highest BCUT2D eigenvalue weighted by molar-refractivity contribution is 5.76. The van der Waals surface area contributed by atoms with Crippen LogP contribution in [0.15, 0.2) is 12.1 Å². The molecule has 0 bridgehead atoms. The Morgan fingerprint density at radius 1 is 1.30 bits per heavy atom. The average Bonchev–Trinajstić information content (AvgIpc) is 3.16. The zero-order valence-electron chi connectivity index (χ0n) is 16.1. The summed E-state index contributed by atoms with van der Waals surface area (Å²) in [6.07, 6.45) is 0. The van der Waals surface area contributed by atoms with Crippen molar-refractivity contribution >= 4 is 11.7 Å². The van der Waals surface area contributed by atoms with Crippen LogP contribution in [0.2, 0.25) is 0 Å². The third-order valence-corrected chi connectivity index (χ3v) is 5.26. The lowest BCUT2D eigenvalue weighted by Crippen LogP contribution is -2.48. The molecule has 0 unspecified atom stereocenters. The summed E-state index contributed by atoms with van der Waals surface area (Å²) < 4.78 is 3.61. The van der Waals surface area contributed by atoms with Gasteiger partial charge in [0.25, 0.3) is 0 Å². The number of piperazine rings is 1. The largest absolute Gasteiger partial charge is 0.384 e. The van der Waals surface area contributed by atoms with Crippen molar-refractivity contribution in [3.63, 3.8) is 0 Å². The summed E-state index contributed by atoms with van der Waals surface area (Å²) in [6.45, 7) is 10.2. The molecule has 0 saturated carbocycles. The van der Waals surface area contributed by atoms with Gasteiger partial charge in [0.2, 0.25) is 5.91 Å². The van der Waals surface area contributed by atoms with Gasteiger partial charge in [-0.05, 0) is 19.9 Å². The minimum absolute atomic E-state index is 0.0368. The summed E-state index contributed by atoms with van der Waals surface area (Å²) in [5.41, 5.74) is 8.91. The second-order valence-electron chi connectivity index (χ2n) is 7.62. The standard InChI is InChI=1S/C18H28N8O/c1-13-7-17(19)26(21-13)12-18(27)24-5-6-25-16(11-24)8-15(22-25)10-23-4-3-20-14(2)9-23/h7-8,14,20H,3-6,9-12,19H2,1-2H3/t14-/m1/s1. The molecule has 3 N–H and O–H groups in total. The number of hydrogen-bond acceptors (Lipinski definition) is 6. The zero-order chi connectivity index (χ0) is 19.0. The lowest BCUT2D eigenvalue weighted by molar-refractivity contribution is -0.133. The van der Waals surface area contributed by atoms with E-state index >= 15 is 0 Å². The van der Waals surface area contributed by atoms with Crippen LogP contribution in [0.5, 0.6) is 0 Å². The smallest absolute Gasteiger partial charge is 0.244 e. The number of nitrogens with one attached hydrogen (secondary N) is 1. The van der Waals surface area contributed by atoms with Crippen molar-refractivity contribution in [2.75, 3.05) is 31.9 Å². The van der Waals surface area contributed by atoms with Gasteiger partial charge in [0.05, 0.1) is 30.2 Å². The highest BCUT2D eigenvalue weighted by atomic mass is 16.2. The van der Waals surface area contributed by atoms with Crippen molar-refractivity contribution in [1.29, 1.82) is 0 Å². The lowest BCUT2D eigenvalue weighted by atomic mass is 10.2. The van der Waals surface area contributed by atoms with E-state index in [2.05, 4.69) is 28.3 Å². The summed E-state index contributed by atoms with van der Waals surface area (Å²) >= 11 is 0. The SMILES string of the molecule is Cc1cc(N)n(CC(=O)N2CCn3nc(CN4CCN[C@H](C)C4)cc3C2)n1. The number of nitrogens with zero attached hydrogens (tertiary/aromatic N) is 6. The lowest BCUT2D eigenvalue weighted by Gasteiger charge is -2.31. The number of hydrogen-bond donors (Lipinski definition) is 2. The van der Waals surface area contributed by atoms with Crippen molar-refractivity contribution in [2.45, 2.75) is 46.1 Å². The van der Waals surface area contributed by atoms with Gasteiger partial charge < -0.3 is 16.0 Å². The highest BCUT2D eigenvalue weighted by Crippen LogP contribution is 2.16. The minimum Gasteiger partial charge on any atom is -0.384 e. The molecular weight excluding hydrogens is 344 g/mol. The Kier molecular flexibility index (Phi) is 4.88. The first kappa shape index (κ1) is 18.0. The van der Waals surface area contributed by atoms with E-state index in [-0.39, 0.29) is 12.5 Å². The third kappa shape index (κ3) is 3.98. The molecule has 9 nitrogen and oxygen atoms in total. The van der Waals surface area contributed by atoms with Crippen LogP contribution in [-0.4, -0.2) is 67.5 Å². The molecular formula is C18H28N8O. The van der Waals surface area contributed by atoms with Gasteiger partial charge in [-0.15, -0.1) is 0 Å². The summed E-state index contributed by atoms with van der Waals surface area (Å²) in [7, 11) is 0. The Bertz CT molecular complexity index is 825. The fourth-order valence-corrected chi connectivity index (χ4v) is 3.92. The Morgan fingerprint density at radius 3 is 2.89 bits per heavy atom. The van der Waals surface area contributed by atoms with Crippen molar-refractivity contribution in [3.8, 4) is 0 Å². The van der Waals surface area contributed by atoms with E-state index in [4.69, 9.17) is 10.8 Å². The third-order valence-electron chi connectivity index (χ3n) is 5.26. The predicted molar refractivity (Wildman–Crippen MR) is 102 cm³/mol. The number of aromatic nitrogens is 4. The fraction of sp³-hybridized carbons (Fsp3) is 0.611. The number of nitrogens with two attached hydrogens (primary N) is 1. The quantitative estimate of drug-likeness (QED) is 0.772. The first-order valence-corrected chi connectivity index (χ1v) is 9.57. The van der Waals surface area contributed by atoms with Gasteiger partial charge in [0.1, 0.15) is 12.4 Å². The normalized spacial score (nSPS) is 20.7. The van der Waals surface area contributed by atoms with E-state index in [9.17, 15) is 4.79 Å². The van der Waals surface area contributed by atoms with E-state index in [1.165, 1.54) is 0 Å². The van der Waals surface area contributed by atoms with Gasteiger partial charge in [-0.2, -0.15) is 10.2 Å². The number of anilines is 1. The maximum atomic E-state index is 12.7. The van der Waals surface area contributed by atoms with Crippen LogP contribution < -0.4 is 11.1 Å². The molecule has 2 aliphatic rings. The number of nitrogen functional groups attached to an aromatic ring is 1. The molecule has 1 fully saturated rings. The molecule has 4 rings (SSSR count). The van der Waals surface area contributed by atoms with E-state index < -0.39 is 0 Å². The molecule has 27 heavy (non-hydrogen) atoms. The Balaban J connectivity index is 1.38. The van der Waals surface area contributed by atoms with Crippen LogP contribution in [0.1, 0.15) is 24.0 Å². The van der Waals surface area contributed by atoms with Crippen molar-refractivity contribution in [3.05, 3.63) is 29.2 Å². The molecule has 0 aromatic carbocycles. The van der Waals surface area contributed by atoms with Gasteiger partial charge in [-0.25, -0.2) is 4.68 Å². The molecule has 4 heterocycles. The van der Waals surface area contributed by atoms with Gasteiger partial charge in [-0.3, -0.25) is 14.4 Å². The van der Waals surface area contributed by atoms with Crippen LogP contribution in [0.25, 0.3) is 0 Å². The Hall–Kier alpha value is -2.39. The van der Waals surface area contributed by atoms with Crippen LogP contribution >= 0.6 is 0 Å². The maximum Gasteiger partial charge on any atom is 0.244 e. The molecule has 1 saturated heterocycles. The van der Waals surface area contributed by atoms with E-state index in [1.807, 2.05) is 16.5 Å². The molecule has 0 aliphatic carbocycles. The number of aryl methyl sites for hydroxylation is 1. The highest BCUT2D eigenvalue weighted by Gasteiger charge is 2.24. The van der Waals surface area contributed by atoms with Crippen molar-refractivity contribution in [1.82, 2.24) is 34.7 Å². The number of amides is 1.